The maximum Gasteiger partial charge on any atom is 0.258 e. The Balaban J connectivity index is 1.67. The molecule has 8 nitrogen and oxygen atoms in total. The monoisotopic (exact) mass is 409 g/mol. The number of hydrogen-bond donors (Lipinski definition) is 1. The lowest BCUT2D eigenvalue weighted by Crippen LogP contribution is -2.18. The van der Waals surface area contributed by atoms with Crippen LogP contribution >= 0.6 is 0 Å². The fourth-order valence-electron chi connectivity index (χ4n) is 3.82. The van der Waals surface area contributed by atoms with Crippen molar-refractivity contribution in [1.82, 2.24) is 19.5 Å². The van der Waals surface area contributed by atoms with E-state index < -0.39 is 16.9 Å². The molecule has 2 aromatic heterocycles. The smallest absolute Gasteiger partial charge is 0.258 e. The molecule has 9 heteroatoms. The van der Waals surface area contributed by atoms with Crippen molar-refractivity contribution >= 4 is 38.6 Å². The van der Waals surface area contributed by atoms with Crippen molar-refractivity contribution in [3.8, 4) is 16.9 Å². The third-order valence-electron chi connectivity index (χ3n) is 5.23. The van der Waals surface area contributed by atoms with Crippen molar-refractivity contribution in [2.75, 3.05) is 25.1 Å². The Labute approximate surface area is 169 Å². The number of amides is 1. The minimum absolute atomic E-state index is 0.302. The molecule has 148 valence electrons. The van der Waals surface area contributed by atoms with Gasteiger partial charge in [-0.15, -0.1) is 0 Å². The molecule has 0 aliphatic carbocycles. The van der Waals surface area contributed by atoms with Crippen molar-refractivity contribution in [2.45, 2.75) is 12.8 Å². The molecule has 1 fully saturated rings. The second-order valence-electron chi connectivity index (χ2n) is 6.98. The lowest BCUT2D eigenvalue weighted by atomic mass is 10.0. The molecule has 0 bridgehead atoms. The highest BCUT2D eigenvalue weighted by molar-refractivity contribution is 7.93. The molecule has 2 aliphatic rings. The first kappa shape index (κ1) is 17.9. The van der Waals surface area contributed by atoms with E-state index in [0.717, 1.165) is 40.9 Å². The summed E-state index contributed by atoms with van der Waals surface area (Å²) in [5, 5.41) is 5.58. The first-order valence-electron chi connectivity index (χ1n) is 9.35. The van der Waals surface area contributed by atoms with Crippen LogP contribution in [0.5, 0.6) is 5.75 Å². The van der Waals surface area contributed by atoms with Gasteiger partial charge >= 0.3 is 0 Å². The predicted molar refractivity (Wildman–Crippen MR) is 112 cm³/mol. The molecule has 4 heterocycles. The van der Waals surface area contributed by atoms with Gasteiger partial charge in [0.2, 0.25) is 0 Å². The third-order valence-corrected chi connectivity index (χ3v) is 6.29. The topological polar surface area (TPSA) is 89.3 Å². The zero-order valence-electron chi connectivity index (χ0n) is 15.8. The molecule has 1 unspecified atom stereocenters. The van der Waals surface area contributed by atoms with Gasteiger partial charge in [0.25, 0.3) is 5.91 Å². The molecule has 0 radical (unpaired) electrons. The van der Waals surface area contributed by atoms with Crippen LogP contribution in [0, 0.1) is 0 Å². The van der Waals surface area contributed by atoms with E-state index in [2.05, 4.69) is 25.8 Å². The van der Waals surface area contributed by atoms with Crippen molar-refractivity contribution in [3.05, 3.63) is 42.7 Å². The summed E-state index contributed by atoms with van der Waals surface area (Å²) in [5.41, 5.74) is 2.66. The Morgan fingerprint density at radius 2 is 2.03 bits per heavy atom. The highest BCUT2D eigenvalue weighted by Gasteiger charge is 2.24. The maximum atomic E-state index is 12.2. The van der Waals surface area contributed by atoms with E-state index in [1.165, 1.54) is 23.6 Å². The van der Waals surface area contributed by atoms with Crippen LogP contribution in [0.15, 0.2) is 42.7 Å². The quantitative estimate of drug-likeness (QED) is 0.711. The number of rotatable bonds is 4. The molecule has 1 amide bonds. The van der Waals surface area contributed by atoms with E-state index in [9.17, 15) is 9.00 Å². The zero-order chi connectivity index (χ0) is 20.0. The van der Waals surface area contributed by atoms with E-state index in [0.29, 0.717) is 10.8 Å². The van der Waals surface area contributed by atoms with Gasteiger partial charge in [-0.3, -0.25) is 9.52 Å². The Morgan fingerprint density at radius 3 is 2.76 bits per heavy atom. The zero-order valence-corrected chi connectivity index (χ0v) is 16.6. The van der Waals surface area contributed by atoms with E-state index in [-0.39, 0.29) is 0 Å². The first-order valence-corrected chi connectivity index (χ1v) is 10.5. The Kier molecular flexibility index (Phi) is 4.31. The molecule has 1 aromatic carbocycles. The van der Waals surface area contributed by atoms with Crippen LogP contribution in [0.2, 0.25) is 0 Å². The summed E-state index contributed by atoms with van der Waals surface area (Å²) in [6, 6.07) is 7.83. The van der Waals surface area contributed by atoms with Crippen LogP contribution in [0.1, 0.15) is 12.8 Å². The number of aromatic nitrogens is 3. The second-order valence-corrected chi connectivity index (χ2v) is 8.14. The molecular formula is C20H19N5O3S. The standard InChI is InChI=1S/C20H19N5O3S/c1-28-14-9-15(13-4-5-21-18(8-13)24-6-2-3-7-24)16-12-22-25(17(16)10-14)20-11-19(26)23-29(20)27/h4-5,8-12H,2-3,6-7H2,1H3,(H,23,26). The molecule has 1 N–H and O–H groups in total. The molecule has 3 aromatic rings. The van der Waals surface area contributed by atoms with Gasteiger partial charge < -0.3 is 9.64 Å². The summed E-state index contributed by atoms with van der Waals surface area (Å²) in [5.74, 6) is 1.21. The van der Waals surface area contributed by atoms with Gasteiger partial charge in [0, 0.05) is 36.8 Å². The SMILES string of the molecule is COc1cc(-c2ccnc(N3CCCC3)c2)c2cnn(C3=CC(=O)NS3=O)c2c1. The van der Waals surface area contributed by atoms with Crippen LogP contribution in [0.3, 0.4) is 0 Å². The van der Waals surface area contributed by atoms with Crippen molar-refractivity contribution in [2.24, 2.45) is 0 Å². The molecule has 1 saturated heterocycles. The fraction of sp³-hybridized carbons (Fsp3) is 0.250. The van der Waals surface area contributed by atoms with Crippen LogP contribution < -0.4 is 14.4 Å². The van der Waals surface area contributed by atoms with E-state index in [1.807, 2.05) is 24.4 Å². The Hall–Kier alpha value is -3.20. The number of benzene rings is 1. The average molecular weight is 409 g/mol. The van der Waals surface area contributed by atoms with Crippen molar-refractivity contribution < 1.29 is 13.7 Å². The van der Waals surface area contributed by atoms with Crippen molar-refractivity contribution in [3.63, 3.8) is 0 Å². The highest BCUT2D eigenvalue weighted by Crippen LogP contribution is 2.35. The minimum Gasteiger partial charge on any atom is -0.497 e. The number of methoxy groups -OCH3 is 1. The molecule has 29 heavy (non-hydrogen) atoms. The summed E-state index contributed by atoms with van der Waals surface area (Å²) < 4.78 is 21.6. The fourth-order valence-corrected chi connectivity index (χ4v) is 4.68. The second kappa shape index (κ2) is 7.00. The van der Waals surface area contributed by atoms with E-state index in [4.69, 9.17) is 4.74 Å². The predicted octanol–water partition coefficient (Wildman–Crippen LogP) is 2.30. The van der Waals surface area contributed by atoms with E-state index >= 15 is 0 Å². The Morgan fingerprint density at radius 1 is 1.21 bits per heavy atom. The van der Waals surface area contributed by atoms with Crippen molar-refractivity contribution in [1.29, 1.82) is 0 Å². The average Bonchev–Trinajstić information content (AvgIpc) is 3.47. The summed E-state index contributed by atoms with van der Waals surface area (Å²) in [6.45, 7) is 2.03. The summed E-state index contributed by atoms with van der Waals surface area (Å²) >= 11 is 0. The van der Waals surface area contributed by atoms with Gasteiger partial charge in [-0.05, 0) is 42.2 Å². The van der Waals surface area contributed by atoms with Gasteiger partial charge in [-0.1, -0.05) is 0 Å². The maximum absolute atomic E-state index is 12.2. The summed E-state index contributed by atoms with van der Waals surface area (Å²) in [4.78, 5) is 18.4. The number of fused-ring (bicyclic) bond motifs is 1. The van der Waals surface area contributed by atoms with Gasteiger partial charge in [-0.25, -0.2) is 13.9 Å². The molecule has 0 spiro atoms. The molecule has 1 atom stereocenters. The molecule has 2 aliphatic heterocycles. The van der Waals surface area contributed by atoms with Gasteiger partial charge in [0.15, 0.2) is 16.0 Å². The summed E-state index contributed by atoms with van der Waals surface area (Å²) in [7, 11) is -0.0336. The van der Waals surface area contributed by atoms with E-state index in [1.54, 1.807) is 13.3 Å². The number of carbonyl (C=O) groups excluding carboxylic acids is 1. The van der Waals surface area contributed by atoms with Gasteiger partial charge in [0.05, 0.1) is 18.8 Å². The van der Waals surface area contributed by atoms with Crippen LogP contribution in [0.25, 0.3) is 27.1 Å². The minimum atomic E-state index is -1.64. The van der Waals surface area contributed by atoms with Crippen LogP contribution in [-0.4, -0.2) is 45.1 Å². The normalized spacial score (nSPS) is 18.9. The number of carbonyl (C=O) groups is 1. The lowest BCUT2D eigenvalue weighted by molar-refractivity contribution is -0.114. The van der Waals surface area contributed by atoms with Crippen LogP contribution in [0.4, 0.5) is 5.82 Å². The molecular weight excluding hydrogens is 390 g/mol. The number of pyridine rings is 1. The number of hydrogen-bond acceptors (Lipinski definition) is 6. The highest BCUT2D eigenvalue weighted by atomic mass is 32.2. The molecule has 0 saturated carbocycles. The largest absolute Gasteiger partial charge is 0.497 e. The Bertz CT molecular complexity index is 1180. The number of anilines is 1. The number of nitrogens with zero attached hydrogens (tertiary/aromatic N) is 4. The first-order chi connectivity index (χ1) is 14.1. The van der Waals surface area contributed by atoms with Gasteiger partial charge in [0.1, 0.15) is 11.6 Å². The number of nitrogens with one attached hydrogen (secondary N) is 1. The van der Waals surface area contributed by atoms with Crippen LogP contribution in [-0.2, 0) is 15.8 Å². The number of ether oxygens (including phenoxy) is 1. The van der Waals surface area contributed by atoms with Gasteiger partial charge in [-0.2, -0.15) is 5.10 Å². The molecule has 5 rings (SSSR count). The lowest BCUT2D eigenvalue weighted by Gasteiger charge is -2.17. The summed E-state index contributed by atoms with van der Waals surface area (Å²) in [6.07, 6.45) is 7.21. The third kappa shape index (κ3) is 3.07.